The maximum atomic E-state index is 2.67. The Bertz CT molecular complexity index is 114. The fourth-order valence-electron chi connectivity index (χ4n) is 2.87. The summed E-state index contributed by atoms with van der Waals surface area (Å²) in [5.41, 5.74) is 0. The first kappa shape index (κ1) is 13.6. The van der Waals surface area contributed by atoms with Crippen molar-refractivity contribution >= 4 is 29.4 Å². The summed E-state index contributed by atoms with van der Waals surface area (Å²) < 4.78 is -0.460. The van der Waals surface area contributed by atoms with Gasteiger partial charge in [-0.2, -0.15) is 0 Å². The van der Waals surface area contributed by atoms with Gasteiger partial charge in [-0.3, -0.25) is 0 Å². The van der Waals surface area contributed by atoms with Gasteiger partial charge in [0.2, 0.25) is 0 Å². The monoisotopic (exact) mass is 268 g/mol. The van der Waals surface area contributed by atoms with Crippen LogP contribution in [0, 0.1) is 0 Å². The fraction of sp³-hybridized carbons (Fsp3) is 1.00. The fourth-order valence-corrected chi connectivity index (χ4v) is 86.1. The van der Waals surface area contributed by atoms with Gasteiger partial charge in [-0.25, -0.2) is 0 Å². The molecule has 0 atom stereocenters. The second kappa shape index (κ2) is 5.46. The van der Waals surface area contributed by atoms with Gasteiger partial charge in [0.05, 0.1) is 0 Å². The third-order valence-electron chi connectivity index (χ3n) is 3.30. The molecule has 0 saturated heterocycles. The van der Waals surface area contributed by atoms with Crippen molar-refractivity contribution in [3.05, 3.63) is 0 Å². The van der Waals surface area contributed by atoms with Crippen molar-refractivity contribution in [2.24, 2.45) is 0 Å². The quantitative estimate of drug-likeness (QED) is 0.682. The Morgan fingerprint density at radius 3 is 1.00 bits per heavy atom. The number of rotatable bonds is 4. The second-order valence-corrected chi connectivity index (χ2v) is 53.4. The van der Waals surface area contributed by atoms with E-state index in [9.17, 15) is 0 Å². The maximum absolute atomic E-state index is 2.67. The molecule has 0 aromatic heterocycles. The molecule has 0 bridgehead atoms. The molecule has 0 spiro atoms. The van der Waals surface area contributed by atoms with Crippen molar-refractivity contribution in [3.8, 4) is 0 Å². The Morgan fingerprint density at radius 1 is 0.750 bits per heavy atom. The van der Waals surface area contributed by atoms with Crippen molar-refractivity contribution in [3.63, 3.8) is 0 Å². The summed E-state index contributed by atoms with van der Waals surface area (Å²) in [6, 6.07) is 0. The number of hydrogen-bond donors (Lipinski definition) is 0. The summed E-state index contributed by atoms with van der Waals surface area (Å²) in [7, 11) is -0.657. The molecule has 0 aliphatic rings. The Labute approximate surface area is 91.9 Å². The molecule has 0 aromatic carbocycles. The summed E-state index contributed by atoms with van der Waals surface area (Å²) in [6.45, 7) is 16.0. The standard InChI is InChI=1S/C6H21Si4.CH3.Ti/c1-7(2)10(8(3)4)9(5)6;;/h7-9H,1-6H3;1H3;. The summed E-state index contributed by atoms with van der Waals surface area (Å²) >= 11 is 0.525. The zero-order valence-electron chi connectivity index (χ0n) is 9.73. The van der Waals surface area contributed by atoms with Gasteiger partial charge in [0, 0.05) is 0 Å². The van der Waals surface area contributed by atoms with E-state index in [2.05, 4.69) is 44.5 Å². The molecule has 0 saturated carbocycles. The molecule has 0 radical (unpaired) electrons. The molecule has 0 unspecified atom stereocenters. The van der Waals surface area contributed by atoms with E-state index < -0.39 is 4.49 Å². The van der Waals surface area contributed by atoms with Crippen LogP contribution < -0.4 is 0 Å². The van der Waals surface area contributed by atoms with Gasteiger partial charge in [0.1, 0.15) is 0 Å². The van der Waals surface area contributed by atoms with Crippen LogP contribution in [0.15, 0.2) is 0 Å². The van der Waals surface area contributed by atoms with Crippen LogP contribution >= 0.6 is 0 Å². The van der Waals surface area contributed by atoms with Gasteiger partial charge in [-0.1, -0.05) is 0 Å². The predicted octanol–water partition coefficient (Wildman–Crippen LogP) is 1.76. The van der Waals surface area contributed by atoms with Crippen LogP contribution in [0.3, 0.4) is 0 Å². The van der Waals surface area contributed by atoms with Gasteiger partial charge in [0.25, 0.3) is 0 Å². The van der Waals surface area contributed by atoms with E-state index in [1.165, 1.54) is 0 Å². The Morgan fingerprint density at radius 2 is 1.00 bits per heavy atom. The first-order valence-electron chi connectivity index (χ1n) is 5.08. The molecule has 5 heteroatoms. The molecular weight excluding hydrogens is 244 g/mol. The molecular formula is C7H24Si4Ti. The zero-order chi connectivity index (χ0) is 9.94. The second-order valence-electron chi connectivity index (χ2n) is 4.65. The molecule has 0 aliphatic heterocycles. The van der Waals surface area contributed by atoms with Crippen molar-refractivity contribution in [1.29, 1.82) is 0 Å². The first-order valence-corrected chi connectivity index (χ1v) is 23.3. The van der Waals surface area contributed by atoms with E-state index in [1.807, 2.05) is 0 Å². The van der Waals surface area contributed by atoms with Crippen LogP contribution in [0.4, 0.5) is 0 Å². The van der Waals surface area contributed by atoms with Gasteiger partial charge < -0.3 is 0 Å². The van der Waals surface area contributed by atoms with Crippen molar-refractivity contribution in [1.82, 2.24) is 0 Å². The van der Waals surface area contributed by atoms with E-state index >= 15 is 0 Å². The van der Waals surface area contributed by atoms with E-state index in [0.717, 1.165) is 0 Å². The van der Waals surface area contributed by atoms with Gasteiger partial charge >= 0.3 is 92.4 Å². The van der Waals surface area contributed by atoms with Crippen molar-refractivity contribution < 1.29 is 18.4 Å². The number of hydrogen-bond acceptors (Lipinski definition) is 0. The van der Waals surface area contributed by atoms with Crippen LogP contribution in [0.25, 0.3) is 0 Å². The molecule has 0 amide bonds. The predicted molar refractivity (Wildman–Crippen MR) is 68.2 cm³/mol. The molecule has 0 nitrogen and oxygen atoms in total. The molecule has 0 heterocycles. The third kappa shape index (κ3) is 2.54. The third-order valence-corrected chi connectivity index (χ3v) is 102. The SMILES string of the molecule is [CH3][Ti][Si]([SiH](C)C)([SiH](C)C)[SiH](C)C. The average molecular weight is 268 g/mol. The molecule has 12 heavy (non-hydrogen) atoms. The van der Waals surface area contributed by atoms with Gasteiger partial charge in [-0.05, 0) is 0 Å². The minimum absolute atomic E-state index is 0.219. The van der Waals surface area contributed by atoms with E-state index in [0.29, 0.717) is 18.4 Å². The van der Waals surface area contributed by atoms with Crippen LogP contribution in [-0.4, -0.2) is 29.4 Å². The normalized spacial score (nSPS) is 13.2. The Kier molecular flexibility index (Phi) is 6.18. The van der Waals surface area contributed by atoms with E-state index in [1.54, 1.807) is 0 Å². The molecule has 0 aliphatic carbocycles. The van der Waals surface area contributed by atoms with E-state index in [4.69, 9.17) is 0 Å². The molecule has 0 N–H and O–H groups in total. The Hall–Kier alpha value is 1.58. The van der Waals surface area contributed by atoms with Crippen LogP contribution in [-0.2, 0) is 18.4 Å². The minimum atomic E-state index is -0.460. The summed E-state index contributed by atoms with van der Waals surface area (Å²) in [4.78, 5) is 0. The Balaban J connectivity index is 4.77. The summed E-state index contributed by atoms with van der Waals surface area (Å²) in [5, 5.41) is 2.62. The van der Waals surface area contributed by atoms with Crippen LogP contribution in [0.2, 0.25) is 44.5 Å². The summed E-state index contributed by atoms with van der Waals surface area (Å²) in [5.74, 6) is 0. The van der Waals surface area contributed by atoms with Crippen LogP contribution in [0.1, 0.15) is 0 Å². The molecule has 0 rings (SSSR count). The molecule has 0 fully saturated rings. The molecule has 72 valence electrons. The van der Waals surface area contributed by atoms with Gasteiger partial charge in [-0.15, -0.1) is 0 Å². The zero-order valence-corrected chi connectivity index (χ0v) is 15.8. The first-order chi connectivity index (χ1) is 5.39. The average Bonchev–Trinajstić information content (AvgIpc) is 1.86. The molecule has 0 aromatic rings. The van der Waals surface area contributed by atoms with Crippen molar-refractivity contribution in [2.45, 2.75) is 44.5 Å². The van der Waals surface area contributed by atoms with E-state index in [-0.39, 0.29) is 24.9 Å². The summed E-state index contributed by atoms with van der Waals surface area (Å²) in [6.07, 6.45) is 0. The topological polar surface area (TPSA) is 0 Å². The van der Waals surface area contributed by atoms with Crippen molar-refractivity contribution in [2.75, 3.05) is 0 Å². The van der Waals surface area contributed by atoms with Crippen LogP contribution in [0.5, 0.6) is 0 Å². The van der Waals surface area contributed by atoms with Gasteiger partial charge in [0.15, 0.2) is 0 Å².